The van der Waals surface area contributed by atoms with Gasteiger partial charge in [-0.25, -0.2) is 0 Å². The van der Waals surface area contributed by atoms with Crippen LogP contribution in [0.5, 0.6) is 0 Å². The number of fused-ring (bicyclic) bond motifs is 1. The van der Waals surface area contributed by atoms with Crippen LogP contribution < -0.4 is 5.73 Å². The van der Waals surface area contributed by atoms with Crippen molar-refractivity contribution in [3.63, 3.8) is 0 Å². The van der Waals surface area contributed by atoms with Crippen molar-refractivity contribution in [3.05, 3.63) is 12.4 Å². The maximum atomic E-state index is 12.2. The normalized spacial score (nSPS) is 24.2. The lowest BCUT2D eigenvalue weighted by Gasteiger charge is -2.37. The molecule has 3 heterocycles. The van der Waals surface area contributed by atoms with E-state index in [0.29, 0.717) is 18.3 Å². The highest BCUT2D eigenvalue weighted by Crippen LogP contribution is 2.21. The molecule has 98 valence electrons. The fraction of sp³-hybridized carbons (Fsp3) is 0.667. The Kier molecular flexibility index (Phi) is 2.95. The summed E-state index contributed by atoms with van der Waals surface area (Å²) in [4.78, 5) is 16.6. The topological polar surface area (TPSA) is 67.4 Å². The first-order chi connectivity index (χ1) is 8.72. The molecule has 2 aliphatic heterocycles. The molecular formula is C12H19N5O. The van der Waals surface area contributed by atoms with E-state index < -0.39 is 0 Å². The van der Waals surface area contributed by atoms with Crippen molar-refractivity contribution in [1.29, 1.82) is 0 Å². The summed E-state index contributed by atoms with van der Waals surface area (Å²) in [5, 5.41) is 4.05. The van der Waals surface area contributed by atoms with Crippen LogP contribution in [0.1, 0.15) is 12.8 Å². The molecule has 0 aliphatic carbocycles. The summed E-state index contributed by atoms with van der Waals surface area (Å²) >= 11 is 0. The first-order valence-corrected chi connectivity index (χ1v) is 6.52. The number of amides is 1. The molecule has 1 atom stereocenters. The number of anilines is 1. The number of aromatic nitrogens is 2. The van der Waals surface area contributed by atoms with Gasteiger partial charge in [0.05, 0.1) is 11.9 Å². The highest BCUT2D eigenvalue weighted by molar-refractivity contribution is 5.76. The molecule has 0 bridgehead atoms. The van der Waals surface area contributed by atoms with Crippen molar-refractivity contribution in [2.45, 2.75) is 25.4 Å². The van der Waals surface area contributed by atoms with Crippen molar-refractivity contribution in [2.24, 2.45) is 0 Å². The van der Waals surface area contributed by atoms with Crippen LogP contribution in [0.2, 0.25) is 0 Å². The van der Waals surface area contributed by atoms with E-state index in [2.05, 4.69) is 10.00 Å². The average molecular weight is 249 g/mol. The van der Waals surface area contributed by atoms with Crippen LogP contribution in [-0.4, -0.2) is 57.7 Å². The van der Waals surface area contributed by atoms with Crippen LogP contribution in [0.3, 0.4) is 0 Å². The Hall–Kier alpha value is -1.56. The van der Waals surface area contributed by atoms with Gasteiger partial charge in [0, 0.05) is 31.9 Å². The Morgan fingerprint density at radius 3 is 3.11 bits per heavy atom. The standard InChI is InChI=1S/C12H19N5O/c13-10-6-14-17(7-10)9-12(18)16-5-4-15-3-1-2-11(15)8-16/h6-7,11H,1-5,8-9,13H2. The average Bonchev–Trinajstić information content (AvgIpc) is 2.96. The zero-order valence-electron chi connectivity index (χ0n) is 10.5. The van der Waals surface area contributed by atoms with E-state index in [1.54, 1.807) is 17.1 Å². The van der Waals surface area contributed by atoms with Gasteiger partial charge >= 0.3 is 0 Å². The Balaban J connectivity index is 1.59. The molecule has 6 nitrogen and oxygen atoms in total. The van der Waals surface area contributed by atoms with Gasteiger partial charge in [-0.15, -0.1) is 0 Å². The van der Waals surface area contributed by atoms with E-state index in [-0.39, 0.29) is 5.91 Å². The molecule has 6 heteroatoms. The van der Waals surface area contributed by atoms with Gasteiger partial charge in [0.1, 0.15) is 6.54 Å². The molecule has 1 unspecified atom stereocenters. The number of nitrogens with zero attached hydrogens (tertiary/aromatic N) is 4. The summed E-state index contributed by atoms with van der Waals surface area (Å²) in [5.41, 5.74) is 6.19. The second kappa shape index (κ2) is 4.61. The van der Waals surface area contributed by atoms with Gasteiger partial charge < -0.3 is 10.6 Å². The Bertz CT molecular complexity index is 443. The van der Waals surface area contributed by atoms with Crippen molar-refractivity contribution >= 4 is 11.6 Å². The maximum Gasteiger partial charge on any atom is 0.244 e. The summed E-state index contributed by atoms with van der Waals surface area (Å²) in [6, 6.07) is 0.574. The molecule has 1 aromatic rings. The number of carbonyl (C=O) groups excluding carboxylic acids is 1. The van der Waals surface area contributed by atoms with Crippen LogP contribution in [0.25, 0.3) is 0 Å². The molecular weight excluding hydrogens is 230 g/mol. The van der Waals surface area contributed by atoms with Crippen molar-refractivity contribution in [3.8, 4) is 0 Å². The third-order valence-electron chi connectivity index (χ3n) is 3.89. The van der Waals surface area contributed by atoms with Gasteiger partial charge in [-0.1, -0.05) is 0 Å². The minimum absolute atomic E-state index is 0.143. The van der Waals surface area contributed by atoms with Crippen molar-refractivity contribution in [2.75, 3.05) is 31.9 Å². The van der Waals surface area contributed by atoms with Crippen LogP contribution >= 0.6 is 0 Å². The summed E-state index contributed by atoms with van der Waals surface area (Å²) in [7, 11) is 0. The maximum absolute atomic E-state index is 12.2. The SMILES string of the molecule is Nc1cnn(CC(=O)N2CCN3CCCC3C2)c1. The first-order valence-electron chi connectivity index (χ1n) is 6.52. The summed E-state index contributed by atoms with van der Waals surface area (Å²) in [6.07, 6.45) is 5.76. The molecule has 0 radical (unpaired) electrons. The molecule has 0 aromatic carbocycles. The fourth-order valence-corrected chi connectivity index (χ4v) is 2.92. The molecule has 0 spiro atoms. The van der Waals surface area contributed by atoms with Gasteiger partial charge in [-0.2, -0.15) is 5.10 Å². The van der Waals surface area contributed by atoms with Gasteiger partial charge in [0.15, 0.2) is 0 Å². The fourth-order valence-electron chi connectivity index (χ4n) is 2.92. The minimum Gasteiger partial charge on any atom is -0.396 e. The molecule has 1 aromatic heterocycles. The van der Waals surface area contributed by atoms with Crippen LogP contribution in [0.4, 0.5) is 5.69 Å². The third kappa shape index (κ3) is 2.20. The van der Waals surface area contributed by atoms with E-state index in [9.17, 15) is 4.79 Å². The number of hydrogen-bond acceptors (Lipinski definition) is 4. The van der Waals surface area contributed by atoms with Gasteiger partial charge in [0.25, 0.3) is 0 Å². The van der Waals surface area contributed by atoms with E-state index >= 15 is 0 Å². The number of nitrogens with two attached hydrogens (primary N) is 1. The number of carbonyl (C=O) groups is 1. The monoisotopic (exact) mass is 249 g/mol. The second-order valence-electron chi connectivity index (χ2n) is 5.14. The Morgan fingerprint density at radius 1 is 1.44 bits per heavy atom. The summed E-state index contributed by atoms with van der Waals surface area (Å²) in [6.45, 7) is 4.21. The lowest BCUT2D eigenvalue weighted by atomic mass is 10.1. The molecule has 2 aliphatic rings. The van der Waals surface area contributed by atoms with Crippen LogP contribution in [0.15, 0.2) is 12.4 Å². The quantitative estimate of drug-likeness (QED) is 0.786. The smallest absolute Gasteiger partial charge is 0.244 e. The molecule has 18 heavy (non-hydrogen) atoms. The summed E-state index contributed by atoms with van der Waals surface area (Å²) < 4.78 is 1.61. The van der Waals surface area contributed by atoms with Crippen molar-refractivity contribution in [1.82, 2.24) is 19.6 Å². The van der Waals surface area contributed by atoms with Crippen LogP contribution in [0, 0.1) is 0 Å². The molecule has 1 amide bonds. The number of piperazine rings is 1. The van der Waals surface area contributed by atoms with Gasteiger partial charge in [-0.3, -0.25) is 14.4 Å². The van der Waals surface area contributed by atoms with Crippen molar-refractivity contribution < 1.29 is 4.79 Å². The van der Waals surface area contributed by atoms with E-state index in [1.807, 2.05) is 4.90 Å². The zero-order valence-corrected chi connectivity index (χ0v) is 10.5. The highest BCUT2D eigenvalue weighted by Gasteiger charge is 2.32. The highest BCUT2D eigenvalue weighted by atomic mass is 16.2. The van der Waals surface area contributed by atoms with Gasteiger partial charge in [-0.05, 0) is 19.4 Å². The molecule has 0 saturated carbocycles. The van der Waals surface area contributed by atoms with Crippen LogP contribution in [-0.2, 0) is 11.3 Å². The molecule has 2 N–H and O–H groups in total. The second-order valence-corrected chi connectivity index (χ2v) is 5.14. The number of hydrogen-bond donors (Lipinski definition) is 1. The lowest BCUT2D eigenvalue weighted by Crippen LogP contribution is -2.52. The van der Waals surface area contributed by atoms with Gasteiger partial charge in [0.2, 0.25) is 5.91 Å². The van der Waals surface area contributed by atoms with E-state index in [0.717, 1.165) is 19.6 Å². The Labute approximate surface area is 106 Å². The number of rotatable bonds is 2. The number of nitrogen functional groups attached to an aromatic ring is 1. The third-order valence-corrected chi connectivity index (χ3v) is 3.89. The summed E-state index contributed by atoms with van der Waals surface area (Å²) in [5.74, 6) is 0.143. The molecule has 2 saturated heterocycles. The van der Waals surface area contributed by atoms with E-state index in [1.165, 1.54) is 19.4 Å². The largest absolute Gasteiger partial charge is 0.396 e. The minimum atomic E-state index is 0.143. The first kappa shape index (κ1) is 11.5. The molecule has 2 fully saturated rings. The predicted octanol–water partition coefficient (Wildman–Crippen LogP) is -0.228. The lowest BCUT2D eigenvalue weighted by molar-refractivity contribution is -0.134. The zero-order chi connectivity index (χ0) is 12.5. The Morgan fingerprint density at radius 2 is 2.33 bits per heavy atom. The van der Waals surface area contributed by atoms with E-state index in [4.69, 9.17) is 5.73 Å². The molecule has 3 rings (SSSR count). The predicted molar refractivity (Wildman–Crippen MR) is 67.8 cm³/mol.